The molecule has 4 atom stereocenters. The highest BCUT2D eigenvalue weighted by molar-refractivity contribution is 4.96. The third-order valence-corrected chi connectivity index (χ3v) is 2.48. The Balaban J connectivity index is 2.55. The third-order valence-electron chi connectivity index (χ3n) is 2.48. The average Bonchev–Trinajstić information content (AvgIpc) is 2.41. The lowest BCUT2D eigenvalue weighted by Gasteiger charge is -2.23. The SMILES string of the molecule is CC(C)NC[C@@H]1O[C@](O)(CO)[C@@H](O)[C@@H]1O. The summed E-state index contributed by atoms with van der Waals surface area (Å²) >= 11 is 0. The first-order chi connectivity index (χ1) is 6.90. The largest absolute Gasteiger partial charge is 0.391 e. The Morgan fingerprint density at radius 1 is 1.40 bits per heavy atom. The van der Waals surface area contributed by atoms with E-state index < -0.39 is 30.7 Å². The average molecular weight is 221 g/mol. The fourth-order valence-corrected chi connectivity index (χ4v) is 1.52. The Morgan fingerprint density at radius 3 is 2.40 bits per heavy atom. The summed E-state index contributed by atoms with van der Waals surface area (Å²) < 4.78 is 5.02. The van der Waals surface area contributed by atoms with Crippen molar-refractivity contribution in [2.24, 2.45) is 0 Å². The summed E-state index contributed by atoms with van der Waals surface area (Å²) in [5.41, 5.74) is 0. The first-order valence-corrected chi connectivity index (χ1v) is 5.01. The fraction of sp³-hybridized carbons (Fsp3) is 1.00. The molecule has 1 rings (SSSR count). The molecule has 0 radical (unpaired) electrons. The summed E-state index contributed by atoms with van der Waals surface area (Å²) in [5.74, 6) is -2.05. The fourth-order valence-electron chi connectivity index (χ4n) is 1.52. The van der Waals surface area contributed by atoms with Gasteiger partial charge in [0, 0.05) is 12.6 Å². The lowest BCUT2D eigenvalue weighted by Crippen LogP contribution is -2.46. The summed E-state index contributed by atoms with van der Waals surface area (Å²) in [5, 5.41) is 40.4. The van der Waals surface area contributed by atoms with E-state index in [2.05, 4.69) is 5.32 Å². The molecule has 0 unspecified atom stereocenters. The maximum Gasteiger partial charge on any atom is 0.219 e. The van der Waals surface area contributed by atoms with Gasteiger partial charge in [-0.15, -0.1) is 0 Å². The van der Waals surface area contributed by atoms with Crippen LogP contribution in [0.1, 0.15) is 13.8 Å². The molecule has 0 amide bonds. The summed E-state index contributed by atoms with van der Waals surface area (Å²) in [4.78, 5) is 0. The zero-order valence-electron chi connectivity index (χ0n) is 8.92. The van der Waals surface area contributed by atoms with Crippen molar-refractivity contribution >= 4 is 0 Å². The molecule has 0 bridgehead atoms. The predicted molar refractivity (Wildman–Crippen MR) is 52.1 cm³/mol. The number of nitrogens with one attached hydrogen (secondary N) is 1. The summed E-state index contributed by atoms with van der Waals surface area (Å²) in [7, 11) is 0. The number of aliphatic hydroxyl groups excluding tert-OH is 3. The van der Waals surface area contributed by atoms with Crippen LogP contribution in [0.3, 0.4) is 0 Å². The highest BCUT2D eigenvalue weighted by Crippen LogP contribution is 2.28. The van der Waals surface area contributed by atoms with E-state index in [1.165, 1.54) is 0 Å². The molecule has 6 nitrogen and oxygen atoms in total. The molecule has 1 aliphatic rings. The minimum Gasteiger partial charge on any atom is -0.391 e. The molecule has 0 aromatic carbocycles. The van der Waals surface area contributed by atoms with Crippen molar-refractivity contribution in [3.05, 3.63) is 0 Å². The normalized spacial score (nSPS) is 41.4. The molecule has 0 aromatic rings. The van der Waals surface area contributed by atoms with Gasteiger partial charge in [-0.3, -0.25) is 0 Å². The van der Waals surface area contributed by atoms with Crippen LogP contribution in [0.2, 0.25) is 0 Å². The van der Waals surface area contributed by atoms with Gasteiger partial charge in [-0.2, -0.15) is 0 Å². The summed E-state index contributed by atoms with van der Waals surface area (Å²) in [6, 6.07) is 0.209. The van der Waals surface area contributed by atoms with Crippen LogP contribution in [0.25, 0.3) is 0 Å². The van der Waals surface area contributed by atoms with E-state index in [4.69, 9.17) is 9.84 Å². The molecule has 1 saturated heterocycles. The second-order valence-corrected chi connectivity index (χ2v) is 4.16. The lowest BCUT2D eigenvalue weighted by atomic mass is 10.1. The number of hydrogen-bond donors (Lipinski definition) is 5. The van der Waals surface area contributed by atoms with E-state index in [1.54, 1.807) is 0 Å². The van der Waals surface area contributed by atoms with Crippen LogP contribution < -0.4 is 5.32 Å². The molecule has 90 valence electrons. The number of aliphatic hydroxyl groups is 4. The van der Waals surface area contributed by atoms with Gasteiger partial charge in [-0.25, -0.2) is 0 Å². The highest BCUT2D eigenvalue weighted by atomic mass is 16.7. The van der Waals surface area contributed by atoms with E-state index in [0.29, 0.717) is 6.54 Å². The molecule has 15 heavy (non-hydrogen) atoms. The van der Waals surface area contributed by atoms with Gasteiger partial charge >= 0.3 is 0 Å². The quantitative estimate of drug-likeness (QED) is 0.369. The van der Waals surface area contributed by atoms with Crippen LogP contribution in [0.5, 0.6) is 0 Å². The highest BCUT2D eigenvalue weighted by Gasteiger charge is 2.52. The van der Waals surface area contributed by atoms with Crippen molar-refractivity contribution < 1.29 is 25.2 Å². The molecule has 1 aliphatic heterocycles. The first kappa shape index (κ1) is 12.8. The molecule has 0 aromatic heterocycles. The summed E-state index contributed by atoms with van der Waals surface area (Å²) in [6.07, 6.45) is -3.41. The molecule has 0 saturated carbocycles. The standard InChI is InChI=1S/C9H19NO5/c1-5(2)10-3-6-7(12)8(13)9(14,4-11)15-6/h5-8,10-14H,3-4H2,1-2H3/t6-,7+,8-,9+/m0/s1. The van der Waals surface area contributed by atoms with Gasteiger partial charge in [0.2, 0.25) is 5.79 Å². The van der Waals surface area contributed by atoms with Gasteiger partial charge in [-0.05, 0) is 0 Å². The van der Waals surface area contributed by atoms with Crippen molar-refractivity contribution in [3.63, 3.8) is 0 Å². The Morgan fingerprint density at radius 2 is 2.00 bits per heavy atom. The Hall–Kier alpha value is -0.240. The molecule has 1 fully saturated rings. The first-order valence-electron chi connectivity index (χ1n) is 5.01. The van der Waals surface area contributed by atoms with Gasteiger partial charge in [-0.1, -0.05) is 13.8 Å². The van der Waals surface area contributed by atoms with Crippen LogP contribution >= 0.6 is 0 Å². The molecular formula is C9H19NO5. The minimum absolute atomic E-state index is 0.209. The van der Waals surface area contributed by atoms with Gasteiger partial charge in [0.1, 0.15) is 18.3 Å². The number of ether oxygens (including phenoxy) is 1. The predicted octanol–water partition coefficient (Wildman–Crippen LogP) is -2.21. The van der Waals surface area contributed by atoms with Crippen LogP contribution in [-0.4, -0.2) is 63.7 Å². The second kappa shape index (κ2) is 4.73. The third kappa shape index (κ3) is 2.66. The molecule has 1 heterocycles. The van der Waals surface area contributed by atoms with E-state index in [0.717, 1.165) is 0 Å². The van der Waals surface area contributed by atoms with Crippen LogP contribution in [-0.2, 0) is 4.74 Å². The van der Waals surface area contributed by atoms with Gasteiger partial charge in [0.15, 0.2) is 0 Å². The topological polar surface area (TPSA) is 102 Å². The van der Waals surface area contributed by atoms with Crippen molar-refractivity contribution in [1.29, 1.82) is 0 Å². The zero-order valence-corrected chi connectivity index (χ0v) is 8.92. The molecule has 0 aliphatic carbocycles. The van der Waals surface area contributed by atoms with Crippen LogP contribution in [0.15, 0.2) is 0 Å². The molecular weight excluding hydrogens is 202 g/mol. The maximum atomic E-state index is 9.56. The monoisotopic (exact) mass is 221 g/mol. The Bertz CT molecular complexity index is 213. The van der Waals surface area contributed by atoms with E-state index in [-0.39, 0.29) is 6.04 Å². The summed E-state index contributed by atoms with van der Waals surface area (Å²) in [6.45, 7) is 3.41. The minimum atomic E-state index is -2.05. The molecule has 6 heteroatoms. The zero-order chi connectivity index (χ0) is 11.6. The van der Waals surface area contributed by atoms with Gasteiger partial charge < -0.3 is 30.5 Å². The van der Waals surface area contributed by atoms with E-state index in [1.807, 2.05) is 13.8 Å². The lowest BCUT2D eigenvalue weighted by molar-refractivity contribution is -0.245. The Kier molecular flexibility index (Phi) is 4.05. The smallest absolute Gasteiger partial charge is 0.219 e. The van der Waals surface area contributed by atoms with Crippen molar-refractivity contribution in [2.45, 2.75) is 44.0 Å². The van der Waals surface area contributed by atoms with Crippen molar-refractivity contribution in [3.8, 4) is 0 Å². The van der Waals surface area contributed by atoms with Gasteiger partial charge in [0.25, 0.3) is 0 Å². The van der Waals surface area contributed by atoms with E-state index >= 15 is 0 Å². The van der Waals surface area contributed by atoms with Crippen molar-refractivity contribution in [2.75, 3.05) is 13.2 Å². The van der Waals surface area contributed by atoms with E-state index in [9.17, 15) is 15.3 Å². The number of hydrogen-bond acceptors (Lipinski definition) is 6. The number of rotatable bonds is 4. The maximum absolute atomic E-state index is 9.56. The second-order valence-electron chi connectivity index (χ2n) is 4.16. The van der Waals surface area contributed by atoms with Crippen LogP contribution in [0.4, 0.5) is 0 Å². The molecule has 5 N–H and O–H groups in total. The molecule has 0 spiro atoms. The van der Waals surface area contributed by atoms with Crippen molar-refractivity contribution in [1.82, 2.24) is 5.32 Å². The van der Waals surface area contributed by atoms with Gasteiger partial charge in [0.05, 0.1) is 6.61 Å². The van der Waals surface area contributed by atoms with Crippen LogP contribution in [0, 0.1) is 0 Å². The Labute approximate surface area is 88.5 Å².